The van der Waals surface area contributed by atoms with Crippen LogP contribution in [0.5, 0.6) is 0 Å². The molecule has 0 radical (unpaired) electrons. The maximum atomic E-state index is 13.1. The summed E-state index contributed by atoms with van der Waals surface area (Å²) in [6, 6.07) is 9.50. The zero-order chi connectivity index (χ0) is 18.4. The Balaban J connectivity index is 2.03. The number of benzene rings is 2. The summed E-state index contributed by atoms with van der Waals surface area (Å²) in [5, 5.41) is 2.82. The van der Waals surface area contributed by atoms with Gasteiger partial charge in [0.05, 0.1) is 5.56 Å². The number of hydrogen-bond acceptors (Lipinski definition) is 3. The molecule has 0 saturated carbocycles. The second-order valence-electron chi connectivity index (χ2n) is 5.41. The molecule has 0 spiro atoms. The van der Waals surface area contributed by atoms with Gasteiger partial charge in [0.2, 0.25) is 0 Å². The molecule has 0 bridgehead atoms. The van der Waals surface area contributed by atoms with E-state index < -0.39 is 24.3 Å². The van der Waals surface area contributed by atoms with Gasteiger partial charge < -0.3 is 10.1 Å². The van der Waals surface area contributed by atoms with Crippen LogP contribution in [0.15, 0.2) is 40.9 Å². The van der Waals surface area contributed by atoms with Crippen LogP contribution in [0.25, 0.3) is 0 Å². The Morgan fingerprint density at radius 2 is 1.76 bits per heavy atom. The Morgan fingerprint density at radius 1 is 1.12 bits per heavy atom. The van der Waals surface area contributed by atoms with Crippen LogP contribution in [0.4, 0.5) is 10.1 Å². The van der Waals surface area contributed by atoms with Crippen molar-refractivity contribution in [3.8, 4) is 0 Å². The van der Waals surface area contributed by atoms with E-state index in [9.17, 15) is 14.0 Å². The van der Waals surface area contributed by atoms with Crippen LogP contribution in [-0.4, -0.2) is 18.5 Å². The molecule has 4 nitrogen and oxygen atoms in total. The topological polar surface area (TPSA) is 55.4 Å². The lowest BCUT2D eigenvalue weighted by Gasteiger charge is -2.14. The molecule has 1 amide bonds. The maximum Gasteiger partial charge on any atom is 0.339 e. The first kappa shape index (κ1) is 19.1. The maximum absolute atomic E-state index is 13.1. The van der Waals surface area contributed by atoms with Crippen molar-refractivity contribution in [2.24, 2.45) is 0 Å². The van der Waals surface area contributed by atoms with E-state index in [0.29, 0.717) is 0 Å². The molecule has 2 rings (SSSR count). The summed E-state index contributed by atoms with van der Waals surface area (Å²) in [5.41, 5.74) is 2.99. The number of carbonyl (C=O) groups excluding carboxylic acids is 2. The van der Waals surface area contributed by atoms with Crippen molar-refractivity contribution in [1.82, 2.24) is 0 Å². The Hall–Kier alpha value is -2.21. The first-order chi connectivity index (χ1) is 12.0. The summed E-state index contributed by atoms with van der Waals surface area (Å²) in [4.78, 5) is 24.2. The number of aryl methyl sites for hydroxylation is 2. The number of rotatable bonds is 6. The zero-order valence-corrected chi connectivity index (χ0v) is 15.7. The van der Waals surface area contributed by atoms with Gasteiger partial charge >= 0.3 is 5.97 Å². The average molecular weight is 408 g/mol. The van der Waals surface area contributed by atoms with Gasteiger partial charge in [-0.25, -0.2) is 9.18 Å². The fourth-order valence-electron chi connectivity index (χ4n) is 2.44. The molecule has 132 valence electrons. The van der Waals surface area contributed by atoms with Crippen LogP contribution in [0.1, 0.15) is 35.3 Å². The summed E-state index contributed by atoms with van der Waals surface area (Å²) in [7, 11) is 0. The Bertz CT molecular complexity index is 770. The highest BCUT2D eigenvalue weighted by Gasteiger charge is 2.15. The van der Waals surface area contributed by atoms with Crippen molar-refractivity contribution in [1.29, 1.82) is 0 Å². The van der Waals surface area contributed by atoms with E-state index in [0.717, 1.165) is 35.7 Å². The van der Waals surface area contributed by atoms with Crippen molar-refractivity contribution in [3.63, 3.8) is 0 Å². The normalized spacial score (nSPS) is 10.4. The van der Waals surface area contributed by atoms with Crippen LogP contribution >= 0.6 is 15.9 Å². The van der Waals surface area contributed by atoms with Crippen LogP contribution in [-0.2, 0) is 22.4 Å². The fourth-order valence-corrected chi connectivity index (χ4v) is 2.96. The monoisotopic (exact) mass is 407 g/mol. The highest BCUT2D eigenvalue weighted by atomic mass is 79.9. The highest BCUT2D eigenvalue weighted by molar-refractivity contribution is 9.10. The van der Waals surface area contributed by atoms with Crippen molar-refractivity contribution in [2.45, 2.75) is 26.7 Å². The third-order valence-corrected chi connectivity index (χ3v) is 4.40. The SMILES string of the molecule is CCc1cccc(CC)c1NC(=O)COC(=O)c1ccc(F)cc1Br. The van der Waals surface area contributed by atoms with Gasteiger partial charge in [0.1, 0.15) is 5.82 Å². The highest BCUT2D eigenvalue weighted by Crippen LogP contribution is 2.23. The number of halogens is 2. The standard InChI is InChI=1S/C19H19BrFNO3/c1-3-12-6-5-7-13(4-2)18(12)22-17(23)11-25-19(24)15-9-8-14(21)10-16(15)20/h5-10H,3-4,11H2,1-2H3,(H,22,23). The molecule has 0 aliphatic carbocycles. The quantitative estimate of drug-likeness (QED) is 0.716. The van der Waals surface area contributed by atoms with Gasteiger partial charge in [0, 0.05) is 10.2 Å². The lowest BCUT2D eigenvalue weighted by molar-refractivity contribution is -0.119. The largest absolute Gasteiger partial charge is 0.452 e. The lowest BCUT2D eigenvalue weighted by atomic mass is 10.0. The smallest absolute Gasteiger partial charge is 0.339 e. The molecular weight excluding hydrogens is 389 g/mol. The second-order valence-corrected chi connectivity index (χ2v) is 6.26. The van der Waals surface area contributed by atoms with E-state index in [-0.39, 0.29) is 10.0 Å². The van der Waals surface area contributed by atoms with Gasteiger partial charge in [-0.2, -0.15) is 0 Å². The summed E-state index contributed by atoms with van der Waals surface area (Å²) < 4.78 is 18.4. The number of nitrogens with one attached hydrogen (secondary N) is 1. The number of anilines is 1. The van der Waals surface area contributed by atoms with Crippen molar-refractivity contribution < 1.29 is 18.7 Å². The molecule has 0 saturated heterocycles. The molecule has 0 aliphatic rings. The van der Waals surface area contributed by atoms with Crippen molar-refractivity contribution in [2.75, 3.05) is 11.9 Å². The molecule has 2 aromatic carbocycles. The minimum atomic E-state index is -0.693. The van der Waals surface area contributed by atoms with E-state index in [1.54, 1.807) is 0 Å². The summed E-state index contributed by atoms with van der Waals surface area (Å²) in [6.07, 6.45) is 1.57. The van der Waals surface area contributed by atoms with Crippen molar-refractivity contribution >= 4 is 33.5 Å². The zero-order valence-electron chi connectivity index (χ0n) is 14.1. The van der Waals surface area contributed by atoms with Crippen LogP contribution in [0.2, 0.25) is 0 Å². The van der Waals surface area contributed by atoms with E-state index in [1.807, 2.05) is 32.0 Å². The third kappa shape index (κ3) is 4.89. The molecule has 2 aromatic rings. The first-order valence-corrected chi connectivity index (χ1v) is 8.78. The van der Waals surface area contributed by atoms with Gasteiger partial charge in [0.25, 0.3) is 5.91 Å². The van der Waals surface area contributed by atoms with Gasteiger partial charge in [-0.3, -0.25) is 4.79 Å². The number of amides is 1. The molecule has 0 fully saturated rings. The number of carbonyl (C=O) groups is 2. The fraction of sp³-hybridized carbons (Fsp3) is 0.263. The predicted molar refractivity (Wildman–Crippen MR) is 98.2 cm³/mol. The predicted octanol–water partition coefficient (Wildman–Crippen LogP) is 4.51. The van der Waals surface area contributed by atoms with E-state index in [1.165, 1.54) is 12.1 Å². The van der Waals surface area contributed by atoms with Gasteiger partial charge in [-0.1, -0.05) is 32.0 Å². The average Bonchev–Trinajstić information content (AvgIpc) is 2.59. The minimum absolute atomic E-state index is 0.164. The van der Waals surface area contributed by atoms with Crippen LogP contribution < -0.4 is 5.32 Å². The molecule has 0 heterocycles. The Morgan fingerprint density at radius 3 is 2.32 bits per heavy atom. The number of hydrogen-bond donors (Lipinski definition) is 1. The molecular formula is C19H19BrFNO3. The Kier molecular flexibility index (Phi) is 6.70. The molecule has 1 N–H and O–H groups in total. The van der Waals surface area contributed by atoms with Crippen LogP contribution in [0.3, 0.4) is 0 Å². The summed E-state index contributed by atoms with van der Waals surface area (Å²) >= 11 is 3.10. The third-order valence-electron chi connectivity index (χ3n) is 3.75. The minimum Gasteiger partial charge on any atom is -0.452 e. The van der Waals surface area contributed by atoms with E-state index in [4.69, 9.17) is 4.74 Å². The number of para-hydroxylation sites is 1. The molecule has 0 atom stereocenters. The second kappa shape index (κ2) is 8.76. The molecule has 0 aliphatic heterocycles. The Labute approximate surface area is 154 Å². The van der Waals surface area contributed by atoms with Crippen molar-refractivity contribution in [3.05, 3.63) is 63.4 Å². The van der Waals surface area contributed by atoms with Crippen LogP contribution in [0, 0.1) is 5.82 Å². The molecule has 0 unspecified atom stereocenters. The number of esters is 1. The first-order valence-electron chi connectivity index (χ1n) is 7.99. The lowest BCUT2D eigenvalue weighted by Crippen LogP contribution is -2.22. The number of ether oxygens (including phenoxy) is 1. The summed E-state index contributed by atoms with van der Waals surface area (Å²) in [6.45, 7) is 3.61. The molecule has 6 heteroatoms. The van der Waals surface area contributed by atoms with E-state index in [2.05, 4.69) is 21.2 Å². The summed E-state index contributed by atoms with van der Waals surface area (Å²) in [5.74, 6) is -1.58. The van der Waals surface area contributed by atoms with Gasteiger partial charge in [-0.05, 0) is 58.1 Å². The van der Waals surface area contributed by atoms with Gasteiger partial charge in [-0.15, -0.1) is 0 Å². The van der Waals surface area contributed by atoms with Gasteiger partial charge in [0.15, 0.2) is 6.61 Å². The molecule has 0 aromatic heterocycles. The molecule has 25 heavy (non-hydrogen) atoms. The van der Waals surface area contributed by atoms with E-state index >= 15 is 0 Å².